The summed E-state index contributed by atoms with van der Waals surface area (Å²) in [5, 5.41) is 21.2. The van der Waals surface area contributed by atoms with E-state index in [0.717, 1.165) is 0 Å². The first kappa shape index (κ1) is 9.75. The first-order valence-corrected chi connectivity index (χ1v) is 3.54. The molecule has 1 aromatic heterocycles. The Kier molecular flexibility index (Phi) is 2.69. The molecule has 13 heavy (non-hydrogen) atoms. The van der Waals surface area contributed by atoms with Gasteiger partial charge in [0, 0.05) is 7.05 Å². The highest BCUT2D eigenvalue weighted by Crippen LogP contribution is 1.96. The number of ether oxygens (including phenoxy) is 1. The number of rotatable bonds is 2. The van der Waals surface area contributed by atoms with Crippen molar-refractivity contribution in [3.05, 3.63) is 11.8 Å². The summed E-state index contributed by atoms with van der Waals surface area (Å²) in [5.74, 6) is -0.568. The minimum atomic E-state index is -1.68. The largest absolute Gasteiger partial charge is 0.510 e. The molecule has 0 aliphatic heterocycles. The van der Waals surface area contributed by atoms with Gasteiger partial charge in [-0.05, 0) is 6.07 Å². The molecule has 0 bridgehead atoms. The van der Waals surface area contributed by atoms with Gasteiger partial charge in [0.05, 0.1) is 12.7 Å². The number of aromatic nitrogens is 2. The zero-order chi connectivity index (χ0) is 10.0. The number of hydrogen-bond acceptors (Lipinski definition) is 5. The van der Waals surface area contributed by atoms with Crippen molar-refractivity contribution < 1.29 is 19.6 Å². The van der Waals surface area contributed by atoms with Crippen LogP contribution in [0.1, 0.15) is 10.5 Å². The second kappa shape index (κ2) is 3.59. The molecule has 0 aliphatic rings. The maximum atomic E-state index is 11.0. The number of carbonyl (C=O) groups is 1. The Hall–Kier alpha value is -1.34. The van der Waals surface area contributed by atoms with Crippen LogP contribution in [0, 0.1) is 0 Å². The Morgan fingerprint density at radius 2 is 2.31 bits per heavy atom. The molecule has 0 aliphatic carbocycles. The molecule has 0 atom stereocenters. The van der Waals surface area contributed by atoms with E-state index in [1.807, 2.05) is 0 Å². The molecule has 0 aromatic carbocycles. The molecule has 0 unspecified atom stereocenters. The van der Waals surface area contributed by atoms with Gasteiger partial charge in [0.2, 0.25) is 0 Å². The molecular formula is C6H9BN2O4. The predicted octanol–water partition coefficient (Wildman–Crippen LogP) is -2.11. The Morgan fingerprint density at radius 3 is 2.69 bits per heavy atom. The van der Waals surface area contributed by atoms with Crippen LogP contribution in [0.3, 0.4) is 0 Å². The third kappa shape index (κ3) is 1.88. The van der Waals surface area contributed by atoms with Gasteiger partial charge in [0.15, 0.2) is 0 Å². The van der Waals surface area contributed by atoms with Crippen LogP contribution >= 0.6 is 0 Å². The zero-order valence-electron chi connectivity index (χ0n) is 7.26. The summed E-state index contributed by atoms with van der Waals surface area (Å²) in [4.78, 5) is 11.0. The lowest BCUT2D eigenvalue weighted by molar-refractivity contribution is 0.0588. The molecule has 70 valence electrons. The van der Waals surface area contributed by atoms with E-state index in [4.69, 9.17) is 10.0 Å². The quantitative estimate of drug-likeness (QED) is 0.405. The number of nitrogens with zero attached hydrogens (tertiary/aromatic N) is 2. The molecule has 1 aromatic rings. The fraction of sp³-hybridized carbons (Fsp3) is 0.333. The number of methoxy groups -OCH3 is 1. The van der Waals surface area contributed by atoms with Gasteiger partial charge in [-0.2, -0.15) is 5.10 Å². The summed E-state index contributed by atoms with van der Waals surface area (Å²) >= 11 is 0. The highest BCUT2D eigenvalue weighted by atomic mass is 16.5. The van der Waals surface area contributed by atoms with E-state index in [2.05, 4.69) is 9.84 Å². The van der Waals surface area contributed by atoms with Crippen LogP contribution in [-0.4, -0.2) is 40.0 Å². The van der Waals surface area contributed by atoms with Crippen molar-refractivity contribution in [2.75, 3.05) is 7.11 Å². The molecule has 1 heterocycles. The summed E-state index contributed by atoms with van der Waals surface area (Å²) in [5.41, 5.74) is 0.188. The molecule has 7 heteroatoms. The van der Waals surface area contributed by atoms with E-state index in [1.165, 1.54) is 24.9 Å². The summed E-state index contributed by atoms with van der Waals surface area (Å²) in [6.07, 6.45) is 0. The van der Waals surface area contributed by atoms with E-state index in [0.29, 0.717) is 0 Å². The smallest absolute Gasteiger partial charge is 0.464 e. The Balaban J connectivity index is 3.03. The minimum absolute atomic E-state index is 0.0166. The number of aryl methyl sites for hydroxylation is 1. The van der Waals surface area contributed by atoms with Crippen molar-refractivity contribution in [3.8, 4) is 0 Å². The maximum absolute atomic E-state index is 11.0. The molecular weight excluding hydrogens is 175 g/mol. The summed E-state index contributed by atoms with van der Waals surface area (Å²) in [6.45, 7) is 0. The van der Waals surface area contributed by atoms with E-state index in [9.17, 15) is 4.79 Å². The first-order valence-electron chi connectivity index (χ1n) is 3.54. The summed E-state index contributed by atoms with van der Waals surface area (Å²) < 4.78 is 5.67. The van der Waals surface area contributed by atoms with Crippen molar-refractivity contribution in [3.63, 3.8) is 0 Å². The van der Waals surface area contributed by atoms with Crippen LogP contribution < -0.4 is 5.59 Å². The fourth-order valence-corrected chi connectivity index (χ4v) is 0.911. The van der Waals surface area contributed by atoms with Crippen LogP contribution in [0.25, 0.3) is 0 Å². The Bertz CT molecular complexity index is 322. The standard InChI is InChI=1S/C6H9BN2O4/c1-9-4(6(10)13-2)3-5(8-9)7(11)12/h3,11-12H,1-2H3. The minimum Gasteiger partial charge on any atom is -0.464 e. The van der Waals surface area contributed by atoms with Crippen molar-refractivity contribution in [2.24, 2.45) is 7.05 Å². The molecule has 6 nitrogen and oxygen atoms in total. The molecule has 0 radical (unpaired) electrons. The third-order valence-electron chi connectivity index (χ3n) is 1.56. The van der Waals surface area contributed by atoms with Gasteiger partial charge in [-0.15, -0.1) is 0 Å². The average Bonchev–Trinajstić information content (AvgIpc) is 2.46. The van der Waals surface area contributed by atoms with E-state index in [1.54, 1.807) is 0 Å². The van der Waals surface area contributed by atoms with Crippen LogP contribution in [0.5, 0.6) is 0 Å². The van der Waals surface area contributed by atoms with Gasteiger partial charge in [0.1, 0.15) is 5.69 Å². The van der Waals surface area contributed by atoms with Gasteiger partial charge in [0.25, 0.3) is 0 Å². The lowest BCUT2D eigenvalue weighted by Gasteiger charge is -1.96. The number of hydrogen-bond donors (Lipinski definition) is 2. The second-order valence-electron chi connectivity index (χ2n) is 2.44. The SMILES string of the molecule is COC(=O)c1cc(B(O)O)nn1C. The summed E-state index contributed by atoms with van der Waals surface area (Å²) in [6, 6.07) is 1.26. The third-order valence-corrected chi connectivity index (χ3v) is 1.56. The molecule has 1 rings (SSSR count). The predicted molar refractivity (Wildman–Crippen MR) is 44.4 cm³/mol. The molecule has 0 spiro atoms. The number of carbonyl (C=O) groups excluding carboxylic acids is 1. The van der Waals surface area contributed by atoms with Gasteiger partial charge in [-0.25, -0.2) is 4.79 Å². The van der Waals surface area contributed by atoms with Crippen LogP contribution in [0.15, 0.2) is 6.07 Å². The maximum Gasteiger partial charge on any atom is 0.510 e. The van der Waals surface area contributed by atoms with Crippen molar-refractivity contribution >= 4 is 18.7 Å². The van der Waals surface area contributed by atoms with Crippen LogP contribution in [0.4, 0.5) is 0 Å². The lowest BCUT2D eigenvalue weighted by atomic mass is 9.86. The first-order chi connectivity index (χ1) is 6.06. The lowest BCUT2D eigenvalue weighted by Crippen LogP contribution is -2.31. The van der Waals surface area contributed by atoms with Crippen LogP contribution in [0.2, 0.25) is 0 Å². The molecule has 0 saturated carbocycles. The number of esters is 1. The molecule has 0 saturated heterocycles. The molecule has 0 amide bonds. The van der Waals surface area contributed by atoms with Crippen molar-refractivity contribution in [1.82, 2.24) is 9.78 Å². The topological polar surface area (TPSA) is 84.6 Å². The van der Waals surface area contributed by atoms with Gasteiger partial charge < -0.3 is 14.8 Å². The average molecular weight is 184 g/mol. The normalized spacial score (nSPS) is 9.85. The van der Waals surface area contributed by atoms with Crippen molar-refractivity contribution in [2.45, 2.75) is 0 Å². The molecule has 2 N–H and O–H groups in total. The fourth-order valence-electron chi connectivity index (χ4n) is 0.911. The van der Waals surface area contributed by atoms with Crippen molar-refractivity contribution in [1.29, 1.82) is 0 Å². The van der Waals surface area contributed by atoms with Gasteiger partial charge in [-0.3, -0.25) is 4.68 Å². The van der Waals surface area contributed by atoms with E-state index in [-0.39, 0.29) is 11.3 Å². The molecule has 0 fully saturated rings. The van der Waals surface area contributed by atoms with E-state index >= 15 is 0 Å². The Labute approximate surface area is 74.9 Å². The zero-order valence-corrected chi connectivity index (χ0v) is 7.26. The summed E-state index contributed by atoms with van der Waals surface area (Å²) in [7, 11) is 1.08. The van der Waals surface area contributed by atoms with E-state index < -0.39 is 13.1 Å². The Morgan fingerprint density at radius 1 is 1.69 bits per heavy atom. The highest BCUT2D eigenvalue weighted by molar-refractivity contribution is 6.57. The highest BCUT2D eigenvalue weighted by Gasteiger charge is 2.20. The van der Waals surface area contributed by atoms with Gasteiger partial charge in [-0.1, -0.05) is 0 Å². The monoisotopic (exact) mass is 184 g/mol. The van der Waals surface area contributed by atoms with Gasteiger partial charge >= 0.3 is 13.1 Å². The second-order valence-corrected chi connectivity index (χ2v) is 2.44. The van der Waals surface area contributed by atoms with Crippen LogP contribution in [-0.2, 0) is 11.8 Å².